The molecule has 5 nitrogen and oxygen atoms in total. The van der Waals surface area contributed by atoms with Crippen molar-refractivity contribution < 1.29 is 10.0 Å². The number of aryl methyl sites for hydroxylation is 1. The van der Waals surface area contributed by atoms with Gasteiger partial charge in [-0.3, -0.25) is 10.1 Å². The molecule has 0 saturated heterocycles. The van der Waals surface area contributed by atoms with Crippen molar-refractivity contribution in [3.05, 3.63) is 39.4 Å². The predicted molar refractivity (Wildman–Crippen MR) is 82.1 cm³/mol. The van der Waals surface area contributed by atoms with Crippen LogP contribution >= 0.6 is 0 Å². The number of hydrogen-bond donors (Lipinski definition) is 2. The van der Waals surface area contributed by atoms with Crippen molar-refractivity contribution in [2.45, 2.75) is 39.2 Å². The van der Waals surface area contributed by atoms with Crippen LogP contribution in [0.5, 0.6) is 0 Å². The molecule has 0 spiro atoms. The van der Waals surface area contributed by atoms with E-state index in [0.29, 0.717) is 23.9 Å². The van der Waals surface area contributed by atoms with Gasteiger partial charge in [-0.05, 0) is 43.7 Å². The van der Waals surface area contributed by atoms with Crippen molar-refractivity contribution >= 4 is 5.69 Å². The van der Waals surface area contributed by atoms with Crippen LogP contribution in [0.3, 0.4) is 0 Å². The van der Waals surface area contributed by atoms with Crippen molar-refractivity contribution in [3.8, 4) is 0 Å². The zero-order valence-electron chi connectivity index (χ0n) is 12.5. The number of benzene rings is 1. The van der Waals surface area contributed by atoms with Crippen molar-refractivity contribution in [1.29, 1.82) is 0 Å². The summed E-state index contributed by atoms with van der Waals surface area (Å²) < 4.78 is 0. The van der Waals surface area contributed by atoms with Crippen LogP contribution in [-0.2, 0) is 6.54 Å². The van der Waals surface area contributed by atoms with Crippen molar-refractivity contribution in [3.63, 3.8) is 0 Å². The fraction of sp³-hybridized carbons (Fsp3) is 0.625. The Morgan fingerprint density at radius 2 is 2.05 bits per heavy atom. The molecule has 2 N–H and O–H groups in total. The fourth-order valence-corrected chi connectivity index (χ4v) is 3.16. The third-order valence-electron chi connectivity index (χ3n) is 4.51. The molecule has 21 heavy (non-hydrogen) atoms. The second kappa shape index (κ2) is 7.52. The van der Waals surface area contributed by atoms with E-state index in [-0.39, 0.29) is 17.2 Å². The van der Waals surface area contributed by atoms with E-state index in [1.807, 2.05) is 6.07 Å². The average Bonchev–Trinajstić information content (AvgIpc) is 2.49. The van der Waals surface area contributed by atoms with E-state index in [4.69, 9.17) is 0 Å². The quantitative estimate of drug-likeness (QED) is 0.624. The third-order valence-corrected chi connectivity index (χ3v) is 4.51. The van der Waals surface area contributed by atoms with Crippen molar-refractivity contribution in [1.82, 2.24) is 5.32 Å². The van der Waals surface area contributed by atoms with Crippen LogP contribution in [-0.4, -0.2) is 23.2 Å². The monoisotopic (exact) mass is 292 g/mol. The van der Waals surface area contributed by atoms with Gasteiger partial charge in [0.1, 0.15) is 0 Å². The molecule has 1 saturated carbocycles. The predicted octanol–water partition coefficient (Wildman–Crippen LogP) is 2.79. The van der Waals surface area contributed by atoms with Gasteiger partial charge in [0, 0.05) is 24.8 Å². The van der Waals surface area contributed by atoms with Crippen LogP contribution in [0.25, 0.3) is 0 Å². The van der Waals surface area contributed by atoms with E-state index in [2.05, 4.69) is 5.32 Å². The number of nitro benzene ring substituents is 1. The Bertz CT molecular complexity index is 490. The lowest BCUT2D eigenvalue weighted by molar-refractivity contribution is -0.385. The maximum Gasteiger partial charge on any atom is 0.272 e. The zero-order valence-corrected chi connectivity index (χ0v) is 12.5. The highest BCUT2D eigenvalue weighted by molar-refractivity contribution is 5.42. The van der Waals surface area contributed by atoms with E-state index < -0.39 is 0 Å². The lowest BCUT2D eigenvalue weighted by atomic mass is 9.79. The van der Waals surface area contributed by atoms with Gasteiger partial charge in [0.25, 0.3) is 5.69 Å². The van der Waals surface area contributed by atoms with Crippen molar-refractivity contribution in [2.24, 2.45) is 11.8 Å². The molecule has 2 atom stereocenters. The Morgan fingerprint density at radius 3 is 2.71 bits per heavy atom. The molecule has 2 unspecified atom stereocenters. The molecule has 2 rings (SSSR count). The first-order valence-electron chi connectivity index (χ1n) is 7.67. The van der Waals surface area contributed by atoms with E-state index in [1.54, 1.807) is 19.1 Å². The number of nitrogens with one attached hydrogen (secondary N) is 1. The highest BCUT2D eigenvalue weighted by atomic mass is 16.6. The highest BCUT2D eigenvalue weighted by Gasteiger charge is 2.23. The van der Waals surface area contributed by atoms with E-state index >= 15 is 0 Å². The molecule has 1 fully saturated rings. The molecule has 1 aromatic carbocycles. The maximum absolute atomic E-state index is 10.9. The summed E-state index contributed by atoms with van der Waals surface area (Å²) in [6.07, 6.45) is 4.72. The first kappa shape index (κ1) is 15.9. The first-order valence-corrected chi connectivity index (χ1v) is 7.67. The standard InChI is InChI=1S/C16H24N2O3/c1-12-6-7-13(8-16(12)18(20)21)9-17-10-14-4-2-3-5-15(14)11-19/h6-8,14-15,17,19H,2-5,9-11H2,1H3. The smallest absolute Gasteiger partial charge is 0.272 e. The fourth-order valence-electron chi connectivity index (χ4n) is 3.16. The second-order valence-corrected chi connectivity index (χ2v) is 6.00. The molecule has 0 amide bonds. The minimum atomic E-state index is -0.332. The first-order chi connectivity index (χ1) is 10.1. The Balaban J connectivity index is 1.88. The summed E-state index contributed by atoms with van der Waals surface area (Å²) >= 11 is 0. The summed E-state index contributed by atoms with van der Waals surface area (Å²) in [6.45, 7) is 3.52. The van der Waals surface area contributed by atoms with Crippen LogP contribution in [0.4, 0.5) is 5.69 Å². The van der Waals surface area contributed by atoms with Gasteiger partial charge in [0.2, 0.25) is 0 Å². The van der Waals surface area contributed by atoms with E-state index in [1.165, 1.54) is 12.8 Å². The van der Waals surface area contributed by atoms with Gasteiger partial charge in [0.05, 0.1) is 4.92 Å². The molecule has 0 radical (unpaired) electrons. The number of aliphatic hydroxyl groups is 1. The average molecular weight is 292 g/mol. The third kappa shape index (κ3) is 4.25. The minimum Gasteiger partial charge on any atom is -0.396 e. The number of rotatable bonds is 6. The topological polar surface area (TPSA) is 75.4 Å². The number of nitro groups is 1. The van der Waals surface area contributed by atoms with Crippen LogP contribution in [0.1, 0.15) is 36.8 Å². The van der Waals surface area contributed by atoms with Gasteiger partial charge in [-0.15, -0.1) is 0 Å². The summed E-state index contributed by atoms with van der Waals surface area (Å²) in [4.78, 5) is 10.6. The Labute approximate surface area is 125 Å². The Kier molecular flexibility index (Phi) is 5.70. The number of aliphatic hydroxyl groups excluding tert-OH is 1. The van der Waals surface area contributed by atoms with Crippen LogP contribution in [0.15, 0.2) is 18.2 Å². The van der Waals surface area contributed by atoms with Crippen LogP contribution in [0, 0.1) is 28.9 Å². The molecule has 1 aliphatic carbocycles. The van der Waals surface area contributed by atoms with Gasteiger partial charge >= 0.3 is 0 Å². The van der Waals surface area contributed by atoms with E-state index in [9.17, 15) is 15.2 Å². The molecule has 1 aromatic rings. The maximum atomic E-state index is 10.9. The van der Waals surface area contributed by atoms with E-state index in [0.717, 1.165) is 24.9 Å². The normalized spacial score (nSPS) is 22.2. The lowest BCUT2D eigenvalue weighted by Crippen LogP contribution is -2.32. The Morgan fingerprint density at radius 1 is 1.33 bits per heavy atom. The van der Waals surface area contributed by atoms with Crippen molar-refractivity contribution in [2.75, 3.05) is 13.2 Å². The SMILES string of the molecule is Cc1ccc(CNCC2CCCCC2CO)cc1[N+](=O)[O-]. The summed E-state index contributed by atoms with van der Waals surface area (Å²) in [6, 6.07) is 5.37. The number of nitrogens with zero attached hydrogens (tertiary/aromatic N) is 1. The summed E-state index contributed by atoms with van der Waals surface area (Å²) in [5.74, 6) is 0.919. The second-order valence-electron chi connectivity index (χ2n) is 6.00. The van der Waals surface area contributed by atoms with Gasteiger partial charge in [-0.25, -0.2) is 0 Å². The highest BCUT2D eigenvalue weighted by Crippen LogP contribution is 2.29. The number of hydrogen-bond acceptors (Lipinski definition) is 4. The summed E-state index contributed by atoms with van der Waals surface area (Å²) in [7, 11) is 0. The molecule has 0 aliphatic heterocycles. The molecule has 116 valence electrons. The summed E-state index contributed by atoms with van der Waals surface area (Å²) in [5.41, 5.74) is 1.81. The lowest BCUT2D eigenvalue weighted by Gasteiger charge is -2.30. The molecular weight excluding hydrogens is 268 g/mol. The van der Waals surface area contributed by atoms with Gasteiger partial charge in [0.15, 0.2) is 0 Å². The molecule has 5 heteroatoms. The molecule has 0 aromatic heterocycles. The molecule has 0 bridgehead atoms. The van der Waals surface area contributed by atoms with Gasteiger partial charge < -0.3 is 10.4 Å². The molecule has 1 aliphatic rings. The Hall–Kier alpha value is -1.46. The largest absolute Gasteiger partial charge is 0.396 e. The van der Waals surface area contributed by atoms with Gasteiger partial charge in [-0.1, -0.05) is 25.0 Å². The molecular formula is C16H24N2O3. The van der Waals surface area contributed by atoms with Crippen LogP contribution in [0.2, 0.25) is 0 Å². The molecule has 0 heterocycles. The zero-order chi connectivity index (χ0) is 15.2. The van der Waals surface area contributed by atoms with Gasteiger partial charge in [-0.2, -0.15) is 0 Å². The summed E-state index contributed by atoms with van der Waals surface area (Å²) in [5, 5.41) is 23.7. The van der Waals surface area contributed by atoms with Crippen LogP contribution < -0.4 is 5.32 Å². The minimum absolute atomic E-state index is 0.181.